The fraction of sp³-hybridized carbons (Fsp3) is 0.714. The molecule has 2 bridgehead atoms. The predicted molar refractivity (Wildman–Crippen MR) is 165 cm³/mol. The van der Waals surface area contributed by atoms with Crippen LogP contribution in [-0.2, 0) is 57.2 Å². The number of hydrogen-bond acceptors (Lipinski definition) is 16. The fourth-order valence-electron chi connectivity index (χ4n) is 11.5. The van der Waals surface area contributed by atoms with E-state index in [1.165, 1.54) is 25.5 Å². The quantitative estimate of drug-likeness (QED) is 0.264. The second-order valence-electron chi connectivity index (χ2n) is 15.5. The van der Waals surface area contributed by atoms with Crippen LogP contribution in [-0.4, -0.2) is 99.5 Å². The first kappa shape index (κ1) is 36.8. The number of rotatable bonds is 7. The van der Waals surface area contributed by atoms with Crippen molar-refractivity contribution in [1.82, 2.24) is 0 Å². The van der Waals surface area contributed by atoms with Gasteiger partial charge in [-0.25, -0.2) is 4.79 Å². The zero-order valence-electron chi connectivity index (χ0n) is 29.6. The molecule has 1 aromatic rings. The van der Waals surface area contributed by atoms with Gasteiger partial charge in [-0.3, -0.25) is 24.0 Å². The van der Waals surface area contributed by atoms with Gasteiger partial charge in [0, 0.05) is 62.3 Å². The third-order valence-electron chi connectivity index (χ3n) is 13.1. The second-order valence-corrected chi connectivity index (χ2v) is 15.5. The summed E-state index contributed by atoms with van der Waals surface area (Å²) in [5, 5.41) is 40.5. The molecule has 0 radical (unpaired) electrons. The number of fused-ring (bicyclic) bond motifs is 5. The van der Waals surface area contributed by atoms with Gasteiger partial charge in [-0.05, 0) is 12.5 Å². The molecule has 4 saturated carbocycles. The zero-order chi connectivity index (χ0) is 37.9. The molecule has 1 saturated heterocycles. The highest BCUT2D eigenvalue weighted by atomic mass is 16.6. The highest BCUT2D eigenvalue weighted by Crippen LogP contribution is 2.82. The predicted octanol–water partition coefficient (Wildman–Crippen LogP) is 1.06. The lowest BCUT2D eigenvalue weighted by Crippen LogP contribution is -2.90. The van der Waals surface area contributed by atoms with Crippen molar-refractivity contribution in [2.24, 2.45) is 34.0 Å². The number of methoxy groups -OCH3 is 1. The minimum Gasteiger partial charge on any atom is -0.472 e. The maximum absolute atomic E-state index is 13.7. The molecular formula is C35H44O16. The first-order valence-electron chi connectivity index (χ1n) is 16.7. The highest BCUT2D eigenvalue weighted by Gasteiger charge is 2.94. The van der Waals surface area contributed by atoms with Crippen molar-refractivity contribution < 1.29 is 76.9 Å². The molecule has 0 aromatic carbocycles. The monoisotopic (exact) mass is 720 g/mol. The Morgan fingerprint density at radius 2 is 1.51 bits per heavy atom. The summed E-state index contributed by atoms with van der Waals surface area (Å²) in [6.45, 7) is 8.92. The van der Waals surface area contributed by atoms with E-state index in [1.54, 1.807) is 13.8 Å². The summed E-state index contributed by atoms with van der Waals surface area (Å²) in [4.78, 5) is 78.4. The molecule has 2 heterocycles. The lowest BCUT2D eigenvalue weighted by molar-refractivity contribution is -0.419. The van der Waals surface area contributed by atoms with E-state index in [9.17, 15) is 44.1 Å². The molecule has 0 amide bonds. The van der Waals surface area contributed by atoms with Gasteiger partial charge < -0.3 is 48.2 Å². The van der Waals surface area contributed by atoms with Gasteiger partial charge in [-0.1, -0.05) is 20.8 Å². The Morgan fingerprint density at radius 1 is 0.902 bits per heavy atom. The summed E-state index contributed by atoms with van der Waals surface area (Å²) in [7, 11) is 1.05. The summed E-state index contributed by atoms with van der Waals surface area (Å²) in [5.74, 6) is -9.78. The van der Waals surface area contributed by atoms with Crippen molar-refractivity contribution in [3.8, 4) is 0 Å². The number of ether oxygens (including phenoxy) is 6. The molecule has 16 heteroatoms. The Balaban J connectivity index is 1.72. The van der Waals surface area contributed by atoms with Crippen molar-refractivity contribution in [3.05, 3.63) is 24.2 Å². The number of carbonyl (C=O) groups is 6. The minimum absolute atomic E-state index is 0.311. The third-order valence-corrected chi connectivity index (χ3v) is 13.1. The molecule has 16 nitrogen and oxygen atoms in total. The lowest BCUT2D eigenvalue weighted by atomic mass is 9.34. The molecule has 4 aliphatic carbocycles. The molecule has 14 atom stereocenters. The van der Waals surface area contributed by atoms with Gasteiger partial charge in [0.25, 0.3) is 0 Å². The van der Waals surface area contributed by atoms with Crippen LogP contribution in [0.4, 0.5) is 0 Å². The van der Waals surface area contributed by atoms with Crippen LogP contribution >= 0.6 is 0 Å². The number of cyclic esters (lactones) is 1. The molecule has 1 aliphatic heterocycles. The highest BCUT2D eigenvalue weighted by molar-refractivity contribution is 5.80. The van der Waals surface area contributed by atoms with E-state index in [2.05, 4.69) is 0 Å². The molecule has 14 unspecified atom stereocenters. The van der Waals surface area contributed by atoms with Crippen LogP contribution in [0, 0.1) is 34.0 Å². The second kappa shape index (κ2) is 11.5. The van der Waals surface area contributed by atoms with Gasteiger partial charge in [0.15, 0.2) is 0 Å². The Labute approximate surface area is 293 Å². The van der Waals surface area contributed by atoms with E-state index in [-0.39, 0.29) is 6.42 Å². The average Bonchev–Trinajstić information content (AvgIpc) is 3.67. The number of esters is 6. The van der Waals surface area contributed by atoms with Crippen LogP contribution in [0.3, 0.4) is 0 Å². The number of hydrogen-bond donors (Lipinski definition) is 3. The van der Waals surface area contributed by atoms with Crippen molar-refractivity contribution in [2.45, 2.75) is 115 Å². The van der Waals surface area contributed by atoms with Gasteiger partial charge in [0.05, 0.1) is 43.0 Å². The Morgan fingerprint density at radius 3 is 2.04 bits per heavy atom. The third kappa shape index (κ3) is 4.47. The molecular weight excluding hydrogens is 676 g/mol. The van der Waals surface area contributed by atoms with Gasteiger partial charge >= 0.3 is 35.8 Å². The van der Waals surface area contributed by atoms with Crippen molar-refractivity contribution in [2.75, 3.05) is 7.11 Å². The molecule has 6 rings (SSSR count). The maximum Gasteiger partial charge on any atom is 0.347 e. The SMILES string of the molecule is COC(=O)C(OC(C)=O)C1C2(C)CC3(O)C(C2OC(C)=O)C(OC(C)=O)C2(O)C4CC(=O)OC(c5ccoc5)C4(C)C(OC(C)=O)CC2(O)C13C. The van der Waals surface area contributed by atoms with E-state index in [0.717, 1.165) is 34.8 Å². The van der Waals surface area contributed by atoms with Crippen molar-refractivity contribution >= 4 is 35.8 Å². The number of furan rings is 1. The Hall–Kier alpha value is -4.02. The van der Waals surface area contributed by atoms with Gasteiger partial charge in [0.1, 0.15) is 35.6 Å². The van der Waals surface area contributed by atoms with Crippen molar-refractivity contribution in [1.29, 1.82) is 0 Å². The van der Waals surface area contributed by atoms with Crippen LogP contribution < -0.4 is 0 Å². The minimum atomic E-state index is -2.74. The lowest BCUT2D eigenvalue weighted by Gasteiger charge is -2.75. The van der Waals surface area contributed by atoms with Gasteiger partial charge in [-0.15, -0.1) is 0 Å². The Bertz CT molecular complexity index is 1670. The largest absolute Gasteiger partial charge is 0.472 e. The first-order valence-corrected chi connectivity index (χ1v) is 16.7. The Kier molecular flexibility index (Phi) is 8.28. The summed E-state index contributed by atoms with van der Waals surface area (Å²) < 4.78 is 39.6. The summed E-state index contributed by atoms with van der Waals surface area (Å²) in [6.07, 6.45) is -6.68. The zero-order valence-corrected chi connectivity index (χ0v) is 29.6. The fourth-order valence-corrected chi connectivity index (χ4v) is 11.5. The van der Waals surface area contributed by atoms with Crippen LogP contribution in [0.5, 0.6) is 0 Å². The van der Waals surface area contributed by atoms with E-state index in [4.69, 9.17) is 32.8 Å². The first-order chi connectivity index (χ1) is 23.6. The van der Waals surface area contributed by atoms with E-state index >= 15 is 0 Å². The van der Waals surface area contributed by atoms with Crippen molar-refractivity contribution in [3.63, 3.8) is 0 Å². The van der Waals surface area contributed by atoms with Crippen LogP contribution in [0.15, 0.2) is 23.0 Å². The summed E-state index contributed by atoms with van der Waals surface area (Å²) in [6, 6.07) is 1.52. The van der Waals surface area contributed by atoms with E-state index in [0.29, 0.717) is 5.56 Å². The van der Waals surface area contributed by atoms with Crippen LogP contribution in [0.25, 0.3) is 0 Å². The van der Waals surface area contributed by atoms with Gasteiger partial charge in [0.2, 0.25) is 6.10 Å². The molecule has 5 aliphatic rings. The van der Waals surface area contributed by atoms with Gasteiger partial charge in [-0.2, -0.15) is 0 Å². The van der Waals surface area contributed by atoms with E-state index < -0.39 is 130 Å². The van der Waals surface area contributed by atoms with E-state index in [1.807, 2.05) is 0 Å². The molecule has 5 fully saturated rings. The molecule has 3 N–H and O–H groups in total. The summed E-state index contributed by atoms with van der Waals surface area (Å²) >= 11 is 0. The standard InChI is InChI=1S/C35H44O16/c1-15(36)47-21-12-34(43)32(7)25(24(29(41)45-8)48-16(2)37)30(5)14-33(32,42)23(27(30)49-17(3)38)28(50-18(4)39)35(34,44)20-11-22(40)51-26(31(20,21)6)19-9-10-46-13-19/h9-10,13,20-21,23-28,42-44H,11-12,14H2,1-8H3. The smallest absolute Gasteiger partial charge is 0.347 e. The topological polar surface area (TPSA) is 232 Å². The summed E-state index contributed by atoms with van der Waals surface area (Å²) in [5.41, 5.74) is -12.6. The molecule has 51 heavy (non-hydrogen) atoms. The molecule has 0 spiro atoms. The molecule has 1 aromatic heterocycles. The van der Waals surface area contributed by atoms with Crippen LogP contribution in [0.1, 0.15) is 79.4 Å². The maximum atomic E-state index is 13.7. The number of carbonyl (C=O) groups excluding carboxylic acids is 6. The normalized spacial score (nSPS) is 45.3. The average molecular weight is 721 g/mol. The van der Waals surface area contributed by atoms with Crippen LogP contribution in [0.2, 0.25) is 0 Å². The molecule has 280 valence electrons. The number of aliphatic hydroxyl groups is 3.